The van der Waals surface area contributed by atoms with Crippen molar-refractivity contribution in [3.05, 3.63) is 59.7 Å². The number of carbonyl (C=O) groups excluding carboxylic acids is 3. The zero-order valence-electron chi connectivity index (χ0n) is 17.6. The molecule has 0 aliphatic heterocycles. The Kier molecular flexibility index (Phi) is 8.08. The smallest absolute Gasteiger partial charge is 0.408 e. The van der Waals surface area contributed by atoms with Crippen LogP contribution in [0.25, 0.3) is 11.1 Å². The lowest BCUT2D eigenvalue weighted by molar-refractivity contribution is -0.123. The minimum atomic E-state index is -1.07. The van der Waals surface area contributed by atoms with E-state index in [2.05, 4.69) is 28.1 Å². The average Bonchev–Trinajstić information content (AvgIpc) is 3.12. The second kappa shape index (κ2) is 11.0. The van der Waals surface area contributed by atoms with Gasteiger partial charge in [-0.15, -0.1) is 0 Å². The van der Waals surface area contributed by atoms with Crippen LogP contribution >= 0.6 is 11.8 Å². The second-order valence-electron chi connectivity index (χ2n) is 7.21. The van der Waals surface area contributed by atoms with Crippen LogP contribution < -0.4 is 16.0 Å². The Balaban J connectivity index is 1.65. The van der Waals surface area contributed by atoms with Crippen LogP contribution in [0.4, 0.5) is 4.79 Å². The number of rotatable bonds is 10. The molecule has 0 aromatic heterocycles. The van der Waals surface area contributed by atoms with E-state index in [0.29, 0.717) is 6.42 Å². The molecule has 3 N–H and O–H groups in total. The summed E-state index contributed by atoms with van der Waals surface area (Å²) >= 11 is 1.60. The Morgan fingerprint density at radius 2 is 1.71 bits per heavy atom. The van der Waals surface area contributed by atoms with Crippen LogP contribution in [0.5, 0.6) is 0 Å². The fourth-order valence-electron chi connectivity index (χ4n) is 3.73. The molecule has 0 spiro atoms. The Morgan fingerprint density at radius 3 is 2.26 bits per heavy atom. The van der Waals surface area contributed by atoms with Crippen molar-refractivity contribution in [3.63, 3.8) is 0 Å². The number of benzene rings is 2. The molecule has 1 aliphatic rings. The number of fused-ring (bicyclic) bond motifs is 3. The molecule has 3 rings (SSSR count). The van der Waals surface area contributed by atoms with E-state index >= 15 is 0 Å². The minimum Gasteiger partial charge on any atom is -0.449 e. The molecule has 7 nitrogen and oxygen atoms in total. The lowest BCUT2D eigenvalue weighted by atomic mass is 9.98. The summed E-state index contributed by atoms with van der Waals surface area (Å²) in [5.41, 5.74) is 4.49. The van der Waals surface area contributed by atoms with Gasteiger partial charge in [0.2, 0.25) is 0 Å². The Bertz CT molecular complexity index is 891. The van der Waals surface area contributed by atoms with Gasteiger partial charge in [-0.05, 0) is 40.7 Å². The number of amides is 2. The van der Waals surface area contributed by atoms with Crippen LogP contribution in [-0.4, -0.2) is 56.2 Å². The summed E-state index contributed by atoms with van der Waals surface area (Å²) in [6, 6.07) is 15.6. The third-order valence-corrected chi connectivity index (χ3v) is 5.94. The van der Waals surface area contributed by atoms with Gasteiger partial charge in [0.1, 0.15) is 12.9 Å². The van der Waals surface area contributed by atoms with Crippen molar-refractivity contribution in [1.29, 1.82) is 0 Å². The Morgan fingerprint density at radius 1 is 1.10 bits per heavy atom. The maximum absolute atomic E-state index is 12.5. The van der Waals surface area contributed by atoms with E-state index in [0.717, 1.165) is 34.3 Å². The number of aldehydes is 1. The third kappa shape index (κ3) is 5.45. The first-order valence-corrected chi connectivity index (χ1v) is 11.5. The Labute approximate surface area is 186 Å². The fourth-order valence-corrected chi connectivity index (χ4v) is 4.22. The highest BCUT2D eigenvalue weighted by Crippen LogP contribution is 2.44. The SMILES string of the molecule is CNC(=O)[C@@H](NC(=O)OCC1c2ccccc2-c2ccccc21)N[C@H](C=O)CCSC. The zero-order valence-corrected chi connectivity index (χ0v) is 18.4. The van der Waals surface area contributed by atoms with Crippen molar-refractivity contribution in [3.8, 4) is 11.1 Å². The molecule has 0 saturated carbocycles. The van der Waals surface area contributed by atoms with E-state index in [9.17, 15) is 14.4 Å². The van der Waals surface area contributed by atoms with E-state index in [1.54, 1.807) is 11.8 Å². The molecule has 0 bridgehead atoms. The molecular weight excluding hydrogens is 414 g/mol. The first-order chi connectivity index (χ1) is 15.1. The molecule has 2 aromatic rings. The van der Waals surface area contributed by atoms with E-state index in [1.165, 1.54) is 7.05 Å². The van der Waals surface area contributed by atoms with Crippen molar-refractivity contribution in [1.82, 2.24) is 16.0 Å². The molecule has 1 aliphatic carbocycles. The molecule has 31 heavy (non-hydrogen) atoms. The van der Waals surface area contributed by atoms with Gasteiger partial charge in [-0.3, -0.25) is 15.4 Å². The van der Waals surface area contributed by atoms with Gasteiger partial charge in [-0.25, -0.2) is 4.79 Å². The number of carbonyl (C=O) groups is 3. The standard InChI is InChI=1S/C23H27N3O4S/c1-24-22(28)21(25-15(13-27)11-12-31-2)26-23(29)30-14-20-18-9-5-3-7-16(18)17-8-4-6-10-19(17)20/h3-10,13,15,20-21,25H,11-12,14H2,1-2H3,(H,24,28)(H,26,29)/t15-,21+/m0/s1. The molecule has 8 heteroatoms. The number of alkyl carbamates (subject to hydrolysis) is 1. The largest absolute Gasteiger partial charge is 0.449 e. The molecule has 0 unspecified atom stereocenters. The number of ether oxygens (including phenoxy) is 1. The number of hydrogen-bond acceptors (Lipinski definition) is 6. The number of thioether (sulfide) groups is 1. The summed E-state index contributed by atoms with van der Waals surface area (Å²) in [6.45, 7) is 0.143. The summed E-state index contributed by atoms with van der Waals surface area (Å²) in [4.78, 5) is 36.0. The highest BCUT2D eigenvalue weighted by Gasteiger charge is 2.30. The van der Waals surface area contributed by atoms with Crippen molar-refractivity contribution in [2.75, 3.05) is 25.7 Å². The molecular formula is C23H27N3O4S. The van der Waals surface area contributed by atoms with E-state index in [-0.39, 0.29) is 12.5 Å². The zero-order chi connectivity index (χ0) is 22.2. The van der Waals surface area contributed by atoms with Gasteiger partial charge in [0.05, 0.1) is 6.04 Å². The van der Waals surface area contributed by atoms with Crippen molar-refractivity contribution in [2.45, 2.75) is 24.5 Å². The monoisotopic (exact) mass is 441 g/mol. The summed E-state index contributed by atoms with van der Waals surface area (Å²) in [7, 11) is 1.47. The highest BCUT2D eigenvalue weighted by molar-refractivity contribution is 7.98. The second-order valence-corrected chi connectivity index (χ2v) is 8.19. The van der Waals surface area contributed by atoms with Crippen molar-refractivity contribution >= 4 is 30.0 Å². The summed E-state index contributed by atoms with van der Waals surface area (Å²) < 4.78 is 5.50. The molecule has 0 radical (unpaired) electrons. The number of nitrogens with one attached hydrogen (secondary N) is 3. The quantitative estimate of drug-likeness (QED) is 0.387. The van der Waals surface area contributed by atoms with E-state index < -0.39 is 24.2 Å². The average molecular weight is 442 g/mol. The number of likely N-dealkylation sites (N-methyl/N-ethyl adjacent to an activating group) is 1. The first kappa shape index (κ1) is 22.8. The molecule has 2 amide bonds. The molecule has 0 fully saturated rings. The first-order valence-electron chi connectivity index (χ1n) is 10.1. The van der Waals surface area contributed by atoms with Gasteiger partial charge in [0.25, 0.3) is 5.91 Å². The summed E-state index contributed by atoms with van der Waals surface area (Å²) in [6.07, 6.45) is 1.43. The van der Waals surface area contributed by atoms with Crippen LogP contribution in [0.2, 0.25) is 0 Å². The van der Waals surface area contributed by atoms with Gasteiger partial charge in [0.15, 0.2) is 6.17 Å². The molecule has 164 valence electrons. The molecule has 2 atom stereocenters. The summed E-state index contributed by atoms with van der Waals surface area (Å²) in [5.74, 6) is 0.223. The fraction of sp³-hybridized carbons (Fsp3) is 0.348. The maximum Gasteiger partial charge on any atom is 0.408 e. The number of hydrogen-bond donors (Lipinski definition) is 3. The predicted octanol–water partition coefficient (Wildman–Crippen LogP) is 2.51. The van der Waals surface area contributed by atoms with Crippen molar-refractivity contribution < 1.29 is 19.1 Å². The highest BCUT2D eigenvalue weighted by atomic mass is 32.2. The topological polar surface area (TPSA) is 96.5 Å². The maximum atomic E-state index is 12.5. The van der Waals surface area contributed by atoms with Gasteiger partial charge in [0, 0.05) is 13.0 Å². The minimum absolute atomic E-state index is 0.0751. The molecule has 2 aromatic carbocycles. The summed E-state index contributed by atoms with van der Waals surface area (Å²) in [5, 5.41) is 7.89. The van der Waals surface area contributed by atoms with Gasteiger partial charge in [-0.1, -0.05) is 48.5 Å². The van der Waals surface area contributed by atoms with Gasteiger partial charge >= 0.3 is 6.09 Å². The van der Waals surface area contributed by atoms with Crippen molar-refractivity contribution in [2.24, 2.45) is 0 Å². The van der Waals surface area contributed by atoms with Crippen LogP contribution in [0.1, 0.15) is 23.5 Å². The normalized spacial score (nSPS) is 14.1. The molecule has 0 saturated heterocycles. The van der Waals surface area contributed by atoms with Crippen LogP contribution in [-0.2, 0) is 14.3 Å². The lowest BCUT2D eigenvalue weighted by Gasteiger charge is -2.22. The predicted molar refractivity (Wildman–Crippen MR) is 122 cm³/mol. The van der Waals surface area contributed by atoms with Crippen LogP contribution in [0, 0.1) is 0 Å². The van der Waals surface area contributed by atoms with Crippen LogP contribution in [0.15, 0.2) is 48.5 Å². The van der Waals surface area contributed by atoms with E-state index in [1.807, 2.05) is 42.7 Å². The third-order valence-electron chi connectivity index (χ3n) is 5.29. The lowest BCUT2D eigenvalue weighted by Crippen LogP contribution is -2.57. The van der Waals surface area contributed by atoms with E-state index in [4.69, 9.17) is 4.74 Å². The Hall–Kier alpha value is -2.84. The van der Waals surface area contributed by atoms with Gasteiger partial charge in [-0.2, -0.15) is 11.8 Å². The molecule has 0 heterocycles. The van der Waals surface area contributed by atoms with Gasteiger partial charge < -0.3 is 14.8 Å². The van der Waals surface area contributed by atoms with Crippen LogP contribution in [0.3, 0.4) is 0 Å².